The molecule has 140 valence electrons. The van der Waals surface area contributed by atoms with Crippen molar-refractivity contribution in [3.63, 3.8) is 0 Å². The topological polar surface area (TPSA) is 59.1 Å². The summed E-state index contributed by atoms with van der Waals surface area (Å²) in [5.41, 5.74) is 6.57. The average Bonchev–Trinajstić information content (AvgIpc) is 3.08. The zero-order chi connectivity index (χ0) is 19.3. The molecule has 3 aromatic rings. The van der Waals surface area contributed by atoms with Gasteiger partial charge in [0.2, 0.25) is 5.91 Å². The van der Waals surface area contributed by atoms with Gasteiger partial charge in [0.15, 0.2) is 0 Å². The van der Waals surface area contributed by atoms with E-state index in [4.69, 9.17) is 0 Å². The number of carbonyl (C=O) groups excluding carboxylic acids is 2. The van der Waals surface area contributed by atoms with Crippen LogP contribution in [0.5, 0.6) is 0 Å². The number of amides is 1. The summed E-state index contributed by atoms with van der Waals surface area (Å²) in [6.07, 6.45) is 6.60. The van der Waals surface area contributed by atoms with E-state index in [1.807, 2.05) is 6.07 Å². The van der Waals surface area contributed by atoms with E-state index >= 15 is 0 Å². The highest BCUT2D eigenvalue weighted by atomic mass is 16.1. The predicted molar refractivity (Wildman–Crippen MR) is 110 cm³/mol. The molecule has 1 heterocycles. The maximum atomic E-state index is 12.0. The number of carbonyl (C=O) groups is 2. The molecule has 0 atom stereocenters. The molecule has 0 fully saturated rings. The number of pyridine rings is 1. The first-order valence-electron chi connectivity index (χ1n) is 9.60. The van der Waals surface area contributed by atoms with Gasteiger partial charge in [-0.25, -0.2) is 0 Å². The Kier molecular flexibility index (Phi) is 5.29. The Bertz CT molecular complexity index is 995. The summed E-state index contributed by atoms with van der Waals surface area (Å²) in [5, 5.41) is 2.86. The van der Waals surface area contributed by atoms with E-state index in [0.29, 0.717) is 25.0 Å². The summed E-state index contributed by atoms with van der Waals surface area (Å²) in [4.78, 5) is 27.6. The lowest BCUT2D eigenvalue weighted by molar-refractivity contribution is -0.117. The number of rotatable bonds is 6. The molecule has 0 aliphatic heterocycles. The lowest BCUT2D eigenvalue weighted by Crippen LogP contribution is -2.11. The smallest absolute Gasteiger partial charge is 0.224 e. The third kappa shape index (κ3) is 4.34. The molecular formula is C24H22N2O2. The number of anilines is 1. The van der Waals surface area contributed by atoms with Crippen LogP contribution in [0.3, 0.4) is 0 Å². The summed E-state index contributed by atoms with van der Waals surface area (Å²) >= 11 is 0. The van der Waals surface area contributed by atoms with E-state index in [2.05, 4.69) is 52.8 Å². The summed E-state index contributed by atoms with van der Waals surface area (Å²) in [7, 11) is 0. The number of benzene rings is 2. The second kappa shape index (κ2) is 8.17. The van der Waals surface area contributed by atoms with Crippen LogP contribution >= 0.6 is 0 Å². The van der Waals surface area contributed by atoms with E-state index in [9.17, 15) is 9.59 Å². The van der Waals surface area contributed by atoms with Crippen molar-refractivity contribution in [2.24, 2.45) is 0 Å². The number of fused-ring (bicyclic) bond motifs is 1. The van der Waals surface area contributed by atoms with Gasteiger partial charge in [0.05, 0.1) is 11.9 Å². The fraction of sp³-hybridized carbons (Fsp3) is 0.208. The zero-order valence-corrected chi connectivity index (χ0v) is 15.7. The lowest BCUT2D eigenvalue weighted by Gasteiger charge is -2.07. The van der Waals surface area contributed by atoms with Crippen LogP contribution in [0.2, 0.25) is 0 Å². The Labute approximate surface area is 164 Å². The minimum atomic E-state index is 0.0114. The van der Waals surface area contributed by atoms with Gasteiger partial charge in [0.1, 0.15) is 5.78 Å². The van der Waals surface area contributed by atoms with Gasteiger partial charge in [-0.2, -0.15) is 0 Å². The van der Waals surface area contributed by atoms with Crippen molar-refractivity contribution in [1.29, 1.82) is 0 Å². The molecule has 1 aliphatic rings. The Hall–Kier alpha value is -3.27. The number of nitrogens with one attached hydrogen (secondary N) is 1. The SMILES string of the molecule is O=C1Cc2ccc(-c3ccc(CCCC(=O)Nc4cccnc4)cc3)cc2C1. The van der Waals surface area contributed by atoms with Gasteiger partial charge >= 0.3 is 0 Å². The van der Waals surface area contributed by atoms with Crippen LogP contribution < -0.4 is 5.32 Å². The lowest BCUT2D eigenvalue weighted by atomic mass is 9.98. The van der Waals surface area contributed by atoms with E-state index in [1.165, 1.54) is 5.56 Å². The van der Waals surface area contributed by atoms with Crippen LogP contribution in [0, 0.1) is 0 Å². The maximum Gasteiger partial charge on any atom is 0.224 e. The molecule has 4 heteroatoms. The Morgan fingerprint density at radius 2 is 1.75 bits per heavy atom. The van der Waals surface area contributed by atoms with Crippen LogP contribution in [0.25, 0.3) is 11.1 Å². The van der Waals surface area contributed by atoms with Crippen LogP contribution in [0.4, 0.5) is 5.69 Å². The summed E-state index contributed by atoms with van der Waals surface area (Å²) in [6.45, 7) is 0. The second-order valence-corrected chi connectivity index (χ2v) is 7.22. The number of Topliss-reactive ketones (excluding diaryl/α,β-unsaturated/α-hetero) is 1. The fourth-order valence-corrected chi connectivity index (χ4v) is 3.61. The largest absolute Gasteiger partial charge is 0.325 e. The molecule has 1 N–H and O–H groups in total. The van der Waals surface area contributed by atoms with Crippen molar-refractivity contribution >= 4 is 17.4 Å². The van der Waals surface area contributed by atoms with Crippen molar-refractivity contribution in [3.05, 3.63) is 83.7 Å². The van der Waals surface area contributed by atoms with E-state index in [0.717, 1.165) is 40.8 Å². The van der Waals surface area contributed by atoms with Crippen molar-refractivity contribution in [2.45, 2.75) is 32.1 Å². The van der Waals surface area contributed by atoms with Gasteiger partial charge in [-0.15, -0.1) is 0 Å². The monoisotopic (exact) mass is 370 g/mol. The molecular weight excluding hydrogens is 348 g/mol. The average molecular weight is 370 g/mol. The normalized spacial score (nSPS) is 12.6. The molecule has 1 aromatic heterocycles. The van der Waals surface area contributed by atoms with Crippen molar-refractivity contribution < 1.29 is 9.59 Å². The first-order chi connectivity index (χ1) is 13.7. The van der Waals surface area contributed by atoms with Crippen LogP contribution in [-0.2, 0) is 28.9 Å². The molecule has 28 heavy (non-hydrogen) atoms. The third-order valence-corrected chi connectivity index (χ3v) is 5.08. The van der Waals surface area contributed by atoms with Crippen LogP contribution in [-0.4, -0.2) is 16.7 Å². The fourth-order valence-electron chi connectivity index (χ4n) is 3.61. The molecule has 4 nitrogen and oxygen atoms in total. The van der Waals surface area contributed by atoms with Gasteiger partial charge < -0.3 is 5.32 Å². The maximum absolute atomic E-state index is 12.0. The predicted octanol–water partition coefficient (Wildman–Crippen LogP) is 4.38. The highest BCUT2D eigenvalue weighted by Gasteiger charge is 2.18. The first kappa shape index (κ1) is 18.1. The quantitative estimate of drug-likeness (QED) is 0.701. The standard InChI is InChI=1S/C24H22N2O2/c27-23-14-20-11-10-19(13-21(20)15-23)18-8-6-17(7-9-18)3-1-5-24(28)26-22-4-2-12-25-16-22/h2,4,6-13,16H,1,3,5,14-15H2,(H,26,28). The highest BCUT2D eigenvalue weighted by Crippen LogP contribution is 2.27. The van der Waals surface area contributed by atoms with Gasteiger partial charge in [-0.3, -0.25) is 14.6 Å². The third-order valence-electron chi connectivity index (χ3n) is 5.08. The molecule has 0 spiro atoms. The molecule has 1 aliphatic carbocycles. The summed E-state index contributed by atoms with van der Waals surface area (Å²) in [6, 6.07) is 18.4. The van der Waals surface area contributed by atoms with Gasteiger partial charge in [-0.1, -0.05) is 42.5 Å². The van der Waals surface area contributed by atoms with Gasteiger partial charge in [0, 0.05) is 25.5 Å². The van der Waals surface area contributed by atoms with Gasteiger partial charge in [0.25, 0.3) is 0 Å². The van der Waals surface area contributed by atoms with E-state index in [1.54, 1.807) is 18.5 Å². The number of ketones is 1. The Morgan fingerprint density at radius 3 is 2.54 bits per heavy atom. The molecule has 4 rings (SSSR count). The second-order valence-electron chi connectivity index (χ2n) is 7.22. The number of aryl methyl sites for hydroxylation is 1. The first-order valence-corrected chi connectivity index (χ1v) is 9.60. The number of nitrogens with zero attached hydrogens (tertiary/aromatic N) is 1. The number of aromatic nitrogens is 1. The minimum absolute atomic E-state index is 0.0114. The molecule has 0 saturated heterocycles. The highest BCUT2D eigenvalue weighted by molar-refractivity contribution is 5.90. The number of hydrogen-bond acceptors (Lipinski definition) is 3. The van der Waals surface area contributed by atoms with Gasteiger partial charge in [-0.05, 0) is 52.8 Å². The van der Waals surface area contributed by atoms with Crippen molar-refractivity contribution in [2.75, 3.05) is 5.32 Å². The molecule has 0 saturated carbocycles. The molecule has 0 bridgehead atoms. The number of hydrogen-bond donors (Lipinski definition) is 1. The van der Waals surface area contributed by atoms with Crippen molar-refractivity contribution in [3.8, 4) is 11.1 Å². The van der Waals surface area contributed by atoms with E-state index in [-0.39, 0.29) is 5.91 Å². The Morgan fingerprint density at radius 1 is 0.964 bits per heavy atom. The van der Waals surface area contributed by atoms with Crippen molar-refractivity contribution in [1.82, 2.24) is 4.98 Å². The van der Waals surface area contributed by atoms with Crippen LogP contribution in [0.15, 0.2) is 67.0 Å². The molecule has 2 aromatic carbocycles. The summed E-state index contributed by atoms with van der Waals surface area (Å²) < 4.78 is 0. The summed E-state index contributed by atoms with van der Waals surface area (Å²) in [5.74, 6) is 0.312. The molecule has 0 unspecified atom stereocenters. The minimum Gasteiger partial charge on any atom is -0.325 e. The van der Waals surface area contributed by atoms with E-state index < -0.39 is 0 Å². The molecule has 1 amide bonds. The van der Waals surface area contributed by atoms with Crippen LogP contribution in [0.1, 0.15) is 29.5 Å². The Balaban J connectivity index is 1.31. The zero-order valence-electron chi connectivity index (χ0n) is 15.7. The molecule has 0 radical (unpaired) electrons.